The highest BCUT2D eigenvalue weighted by Gasteiger charge is 2.43. The fraction of sp³-hybridized carbons (Fsp3) is 1.00. The minimum atomic E-state index is -0.139. The summed E-state index contributed by atoms with van der Waals surface area (Å²) in [5.41, 5.74) is 0.00358. The summed E-state index contributed by atoms with van der Waals surface area (Å²) in [6, 6.07) is 0. The fourth-order valence-electron chi connectivity index (χ4n) is 3.37. The Balaban J connectivity index is 5.06. The van der Waals surface area contributed by atoms with Crippen LogP contribution in [0, 0.1) is 11.3 Å². The molecule has 0 heterocycles. The van der Waals surface area contributed by atoms with Crippen molar-refractivity contribution in [2.45, 2.75) is 112 Å². The van der Waals surface area contributed by atoms with Crippen LogP contribution in [0.4, 0.5) is 0 Å². The van der Waals surface area contributed by atoms with Crippen molar-refractivity contribution in [2.75, 3.05) is 20.3 Å². The van der Waals surface area contributed by atoms with E-state index in [1.54, 1.807) is 0 Å². The van der Waals surface area contributed by atoms with Gasteiger partial charge in [0, 0.05) is 12.1 Å². The maximum atomic E-state index is 6.63. The minimum absolute atomic E-state index is 0.0810. The SMILES string of the molecule is CCC(C)(NC)C(C)COC(C)(CC)C(C)(CC)CCOC(C)(C)C. The van der Waals surface area contributed by atoms with Gasteiger partial charge in [0.2, 0.25) is 0 Å². The van der Waals surface area contributed by atoms with E-state index in [1.165, 1.54) is 0 Å². The van der Waals surface area contributed by atoms with Gasteiger partial charge in [0.15, 0.2) is 0 Å². The van der Waals surface area contributed by atoms with E-state index in [9.17, 15) is 0 Å². The number of nitrogens with one attached hydrogen (secondary N) is 1. The first-order chi connectivity index (χ1) is 11.3. The zero-order valence-electron chi connectivity index (χ0n) is 19.1. The van der Waals surface area contributed by atoms with Crippen molar-refractivity contribution in [3.8, 4) is 0 Å². The minimum Gasteiger partial charge on any atom is -0.376 e. The van der Waals surface area contributed by atoms with Crippen LogP contribution in [0.1, 0.15) is 94.9 Å². The number of hydrogen-bond donors (Lipinski definition) is 1. The van der Waals surface area contributed by atoms with E-state index in [0.29, 0.717) is 5.92 Å². The average molecular weight is 358 g/mol. The predicted molar refractivity (Wildman–Crippen MR) is 110 cm³/mol. The zero-order valence-corrected chi connectivity index (χ0v) is 19.1. The summed E-state index contributed by atoms with van der Waals surface area (Å²) < 4.78 is 12.6. The van der Waals surface area contributed by atoms with Crippen molar-refractivity contribution in [3.63, 3.8) is 0 Å². The second-order valence-electron chi connectivity index (χ2n) is 9.44. The fourth-order valence-corrected chi connectivity index (χ4v) is 3.37. The van der Waals surface area contributed by atoms with Crippen LogP contribution in [0.15, 0.2) is 0 Å². The van der Waals surface area contributed by atoms with Gasteiger partial charge in [0.1, 0.15) is 0 Å². The second-order valence-corrected chi connectivity index (χ2v) is 9.44. The Hall–Kier alpha value is -0.120. The van der Waals surface area contributed by atoms with E-state index in [4.69, 9.17) is 9.47 Å². The molecule has 0 aromatic carbocycles. The monoisotopic (exact) mass is 357 g/mol. The van der Waals surface area contributed by atoms with Gasteiger partial charge in [-0.1, -0.05) is 34.6 Å². The van der Waals surface area contributed by atoms with E-state index >= 15 is 0 Å². The summed E-state index contributed by atoms with van der Waals surface area (Å²) >= 11 is 0. The molecule has 4 unspecified atom stereocenters. The van der Waals surface area contributed by atoms with Gasteiger partial charge in [-0.2, -0.15) is 0 Å². The highest BCUT2D eigenvalue weighted by molar-refractivity contribution is 4.94. The Morgan fingerprint density at radius 3 is 1.76 bits per heavy atom. The molecule has 0 rings (SSSR count). The lowest BCUT2D eigenvalue weighted by molar-refractivity contribution is -0.148. The van der Waals surface area contributed by atoms with Gasteiger partial charge in [-0.15, -0.1) is 0 Å². The first-order valence-electron chi connectivity index (χ1n) is 10.3. The average Bonchev–Trinajstić information content (AvgIpc) is 2.56. The molecule has 1 N–H and O–H groups in total. The molecule has 0 aliphatic heterocycles. The van der Waals surface area contributed by atoms with Gasteiger partial charge in [-0.3, -0.25) is 0 Å². The lowest BCUT2D eigenvalue weighted by Gasteiger charge is -2.47. The van der Waals surface area contributed by atoms with Crippen molar-refractivity contribution in [2.24, 2.45) is 11.3 Å². The van der Waals surface area contributed by atoms with E-state index in [-0.39, 0.29) is 22.2 Å². The molecule has 0 amide bonds. The predicted octanol–water partition coefficient (Wildman–Crippen LogP) is 5.82. The molecule has 0 saturated carbocycles. The third-order valence-electron chi connectivity index (χ3n) is 6.97. The normalized spacial score (nSPS) is 21.2. The van der Waals surface area contributed by atoms with Gasteiger partial charge in [-0.25, -0.2) is 0 Å². The third-order valence-corrected chi connectivity index (χ3v) is 6.97. The Labute approximate surface area is 158 Å². The molecule has 3 nitrogen and oxygen atoms in total. The first-order valence-corrected chi connectivity index (χ1v) is 10.3. The van der Waals surface area contributed by atoms with Crippen LogP contribution in [0.5, 0.6) is 0 Å². The third kappa shape index (κ3) is 6.84. The molecule has 0 aliphatic carbocycles. The molecule has 0 aromatic rings. The summed E-state index contributed by atoms with van der Waals surface area (Å²) in [5, 5.41) is 3.49. The largest absolute Gasteiger partial charge is 0.376 e. The number of hydrogen-bond acceptors (Lipinski definition) is 3. The molecule has 0 aliphatic rings. The highest BCUT2D eigenvalue weighted by atomic mass is 16.5. The van der Waals surface area contributed by atoms with Crippen LogP contribution >= 0.6 is 0 Å². The number of rotatable bonds is 12. The molecule has 0 bridgehead atoms. The molecular weight excluding hydrogens is 310 g/mol. The lowest BCUT2D eigenvalue weighted by atomic mass is 9.68. The Morgan fingerprint density at radius 2 is 1.40 bits per heavy atom. The summed E-state index contributed by atoms with van der Waals surface area (Å²) in [5.74, 6) is 0.459. The van der Waals surface area contributed by atoms with Crippen LogP contribution < -0.4 is 5.32 Å². The molecule has 152 valence electrons. The zero-order chi connectivity index (χ0) is 19.9. The Kier molecular flexibility index (Phi) is 9.66. The van der Waals surface area contributed by atoms with Gasteiger partial charge in [0.25, 0.3) is 0 Å². The smallest absolute Gasteiger partial charge is 0.0706 e. The summed E-state index contributed by atoms with van der Waals surface area (Å²) in [6.45, 7) is 23.9. The molecule has 0 fully saturated rings. The van der Waals surface area contributed by atoms with E-state index in [2.05, 4.69) is 81.6 Å². The molecule has 3 heteroatoms. The van der Waals surface area contributed by atoms with Gasteiger partial charge < -0.3 is 14.8 Å². The standard InChI is InChI=1S/C22H47NO2/c1-12-20(8,15-16-24-19(5,6)7)22(10,14-3)25-17-18(4)21(9,13-2)23-11/h18,23H,12-17H2,1-11H3. The van der Waals surface area contributed by atoms with Crippen LogP contribution in [0.3, 0.4) is 0 Å². The molecule has 0 saturated heterocycles. The summed E-state index contributed by atoms with van der Waals surface area (Å²) in [6.07, 6.45) is 4.23. The molecule has 0 aromatic heterocycles. The van der Waals surface area contributed by atoms with Gasteiger partial charge in [0.05, 0.1) is 17.8 Å². The second kappa shape index (κ2) is 9.71. The van der Waals surface area contributed by atoms with E-state index < -0.39 is 0 Å². The quantitative estimate of drug-likeness (QED) is 0.477. The Morgan fingerprint density at radius 1 is 0.840 bits per heavy atom. The van der Waals surface area contributed by atoms with Crippen molar-refractivity contribution < 1.29 is 9.47 Å². The van der Waals surface area contributed by atoms with Crippen molar-refractivity contribution in [1.29, 1.82) is 0 Å². The highest BCUT2D eigenvalue weighted by Crippen LogP contribution is 2.43. The van der Waals surface area contributed by atoms with E-state index in [0.717, 1.165) is 38.9 Å². The lowest BCUT2D eigenvalue weighted by Crippen LogP contribution is -2.51. The topological polar surface area (TPSA) is 30.5 Å². The summed E-state index contributed by atoms with van der Waals surface area (Å²) in [7, 11) is 2.05. The van der Waals surface area contributed by atoms with Crippen LogP contribution in [0.2, 0.25) is 0 Å². The van der Waals surface area contributed by atoms with Crippen LogP contribution in [-0.2, 0) is 9.47 Å². The van der Waals surface area contributed by atoms with Crippen LogP contribution in [-0.4, -0.2) is 37.0 Å². The maximum Gasteiger partial charge on any atom is 0.0706 e. The van der Waals surface area contributed by atoms with Crippen LogP contribution in [0.25, 0.3) is 0 Å². The van der Waals surface area contributed by atoms with E-state index in [1.807, 2.05) is 0 Å². The van der Waals surface area contributed by atoms with Gasteiger partial charge in [-0.05, 0) is 78.7 Å². The number of ether oxygens (including phenoxy) is 2. The van der Waals surface area contributed by atoms with Crippen molar-refractivity contribution in [1.82, 2.24) is 5.32 Å². The molecule has 4 atom stereocenters. The van der Waals surface area contributed by atoms with Crippen molar-refractivity contribution in [3.05, 3.63) is 0 Å². The Bertz CT molecular complexity index is 373. The maximum absolute atomic E-state index is 6.63. The molecule has 25 heavy (non-hydrogen) atoms. The molecular formula is C22H47NO2. The summed E-state index contributed by atoms with van der Waals surface area (Å²) in [4.78, 5) is 0. The molecule has 0 spiro atoms. The van der Waals surface area contributed by atoms with Gasteiger partial charge >= 0.3 is 0 Å². The molecule has 0 radical (unpaired) electrons. The first kappa shape index (κ1) is 24.9. The van der Waals surface area contributed by atoms with Crippen molar-refractivity contribution >= 4 is 0 Å².